The van der Waals surface area contributed by atoms with Crippen molar-refractivity contribution in [2.45, 2.75) is 19.6 Å². The number of benzene rings is 2. The van der Waals surface area contributed by atoms with E-state index in [9.17, 15) is 0 Å². The van der Waals surface area contributed by atoms with Crippen molar-refractivity contribution in [1.29, 1.82) is 0 Å². The summed E-state index contributed by atoms with van der Waals surface area (Å²) in [6.07, 6.45) is 0. The lowest BCUT2D eigenvalue weighted by Crippen LogP contribution is -2.34. The lowest BCUT2D eigenvalue weighted by molar-refractivity contribution is -0.213. The quantitative estimate of drug-likeness (QED) is 0.728. The van der Waals surface area contributed by atoms with Crippen molar-refractivity contribution in [3.8, 4) is 0 Å². The fraction of sp³-hybridized carbons (Fsp3) is 0.294. The molecule has 2 aromatic rings. The molecule has 0 fully saturated rings. The fourth-order valence-electron chi connectivity index (χ4n) is 2.26. The Balaban J connectivity index is 2.54. The van der Waals surface area contributed by atoms with Crippen LogP contribution >= 0.6 is 0 Å². The largest absolute Gasteiger partial charge is 0.342 e. The molecule has 100 valence electrons. The van der Waals surface area contributed by atoms with Crippen LogP contribution in [0.2, 0.25) is 0 Å². The van der Waals surface area contributed by atoms with Gasteiger partial charge in [0.2, 0.25) is 5.79 Å². The molecule has 2 heteroatoms. The van der Waals surface area contributed by atoms with Gasteiger partial charge in [-0.2, -0.15) is 0 Å². The highest BCUT2D eigenvalue weighted by molar-refractivity contribution is 5.33. The Kier molecular flexibility index (Phi) is 4.72. The minimum absolute atomic E-state index is 0.587. The zero-order valence-corrected chi connectivity index (χ0v) is 11.5. The van der Waals surface area contributed by atoms with Gasteiger partial charge in [-0.25, -0.2) is 0 Å². The average Bonchev–Trinajstić information content (AvgIpc) is 2.49. The summed E-state index contributed by atoms with van der Waals surface area (Å²) in [5.74, 6) is -0.813. The molecule has 0 unspecified atom stereocenters. The average molecular weight is 256 g/mol. The molecular formula is C17H20O2. The Morgan fingerprint density at radius 1 is 0.684 bits per heavy atom. The molecule has 0 bridgehead atoms. The van der Waals surface area contributed by atoms with Crippen LogP contribution in [0.15, 0.2) is 60.7 Å². The van der Waals surface area contributed by atoms with Crippen LogP contribution in [-0.2, 0) is 15.3 Å². The van der Waals surface area contributed by atoms with Gasteiger partial charge in [0.25, 0.3) is 0 Å². The predicted octanol–water partition coefficient (Wildman–Crippen LogP) is 3.96. The maximum absolute atomic E-state index is 6.02. The molecule has 0 radical (unpaired) electrons. The number of ether oxygens (including phenoxy) is 2. The van der Waals surface area contributed by atoms with Gasteiger partial charge in [-0.15, -0.1) is 0 Å². The van der Waals surface area contributed by atoms with Crippen molar-refractivity contribution < 1.29 is 9.47 Å². The lowest BCUT2D eigenvalue weighted by atomic mass is 9.97. The van der Waals surface area contributed by atoms with Crippen molar-refractivity contribution in [1.82, 2.24) is 0 Å². The maximum Gasteiger partial charge on any atom is 0.222 e. The Morgan fingerprint density at radius 2 is 1.05 bits per heavy atom. The highest BCUT2D eigenvalue weighted by Crippen LogP contribution is 2.34. The number of hydrogen-bond donors (Lipinski definition) is 0. The molecule has 0 saturated heterocycles. The van der Waals surface area contributed by atoms with Crippen LogP contribution < -0.4 is 0 Å². The summed E-state index contributed by atoms with van der Waals surface area (Å²) in [7, 11) is 0. The molecule has 2 rings (SSSR count). The van der Waals surface area contributed by atoms with Gasteiger partial charge < -0.3 is 9.47 Å². The van der Waals surface area contributed by atoms with E-state index < -0.39 is 5.79 Å². The van der Waals surface area contributed by atoms with Crippen molar-refractivity contribution in [3.63, 3.8) is 0 Å². The predicted molar refractivity (Wildman–Crippen MR) is 76.9 cm³/mol. The normalized spacial score (nSPS) is 11.5. The van der Waals surface area contributed by atoms with E-state index >= 15 is 0 Å². The van der Waals surface area contributed by atoms with Crippen molar-refractivity contribution in [2.24, 2.45) is 0 Å². The maximum atomic E-state index is 6.02. The minimum Gasteiger partial charge on any atom is -0.342 e. The van der Waals surface area contributed by atoms with E-state index in [0.717, 1.165) is 11.1 Å². The molecule has 0 atom stereocenters. The standard InChI is InChI=1S/C17H20O2/c1-3-18-17(19-4-2,15-11-7-5-8-12-15)16-13-9-6-10-14-16/h5-14H,3-4H2,1-2H3. The molecule has 0 amide bonds. The van der Waals surface area contributed by atoms with Crippen LogP contribution in [0.1, 0.15) is 25.0 Å². The van der Waals surface area contributed by atoms with E-state index in [1.807, 2.05) is 74.5 Å². The highest BCUT2D eigenvalue weighted by atomic mass is 16.7. The summed E-state index contributed by atoms with van der Waals surface area (Å²) in [5.41, 5.74) is 2.04. The van der Waals surface area contributed by atoms with E-state index in [0.29, 0.717) is 13.2 Å². The Bertz CT molecular complexity index is 432. The monoisotopic (exact) mass is 256 g/mol. The number of hydrogen-bond acceptors (Lipinski definition) is 2. The zero-order valence-electron chi connectivity index (χ0n) is 11.5. The summed E-state index contributed by atoms with van der Waals surface area (Å²) in [6, 6.07) is 20.2. The van der Waals surface area contributed by atoms with Crippen LogP contribution in [0.4, 0.5) is 0 Å². The molecule has 19 heavy (non-hydrogen) atoms. The molecule has 0 saturated carbocycles. The molecule has 0 aromatic heterocycles. The molecule has 0 aliphatic heterocycles. The molecule has 0 aliphatic carbocycles. The molecule has 2 nitrogen and oxygen atoms in total. The number of rotatable bonds is 6. The summed E-state index contributed by atoms with van der Waals surface area (Å²) < 4.78 is 12.0. The van der Waals surface area contributed by atoms with Crippen molar-refractivity contribution >= 4 is 0 Å². The second-order valence-electron chi connectivity index (χ2n) is 4.21. The van der Waals surface area contributed by atoms with Crippen LogP contribution in [0.5, 0.6) is 0 Å². The molecule has 2 aromatic carbocycles. The van der Waals surface area contributed by atoms with Crippen LogP contribution in [0, 0.1) is 0 Å². The first-order valence-corrected chi connectivity index (χ1v) is 6.72. The van der Waals surface area contributed by atoms with Gasteiger partial charge in [0.1, 0.15) is 0 Å². The van der Waals surface area contributed by atoms with Crippen LogP contribution in [-0.4, -0.2) is 13.2 Å². The Hall–Kier alpha value is -1.64. The second kappa shape index (κ2) is 6.50. The minimum atomic E-state index is -0.813. The molecule has 0 N–H and O–H groups in total. The molecule has 0 spiro atoms. The first-order chi connectivity index (χ1) is 9.33. The molecule has 0 aliphatic rings. The van der Waals surface area contributed by atoms with Crippen LogP contribution in [0.3, 0.4) is 0 Å². The van der Waals surface area contributed by atoms with Gasteiger partial charge in [-0.3, -0.25) is 0 Å². The third-order valence-corrected chi connectivity index (χ3v) is 3.00. The summed E-state index contributed by atoms with van der Waals surface area (Å²) in [6.45, 7) is 5.15. The third kappa shape index (κ3) is 2.86. The smallest absolute Gasteiger partial charge is 0.222 e. The second-order valence-corrected chi connectivity index (χ2v) is 4.21. The highest BCUT2D eigenvalue weighted by Gasteiger charge is 2.35. The van der Waals surface area contributed by atoms with E-state index in [1.165, 1.54) is 0 Å². The van der Waals surface area contributed by atoms with Crippen molar-refractivity contribution in [3.05, 3.63) is 71.8 Å². The van der Waals surface area contributed by atoms with Gasteiger partial charge in [-0.1, -0.05) is 60.7 Å². The fourth-order valence-corrected chi connectivity index (χ4v) is 2.26. The summed E-state index contributed by atoms with van der Waals surface area (Å²) in [5, 5.41) is 0. The van der Waals surface area contributed by atoms with Gasteiger partial charge in [0.05, 0.1) is 0 Å². The SMILES string of the molecule is CCOC(OCC)(c1ccccc1)c1ccccc1. The summed E-state index contributed by atoms with van der Waals surface area (Å²) in [4.78, 5) is 0. The Morgan fingerprint density at radius 3 is 1.37 bits per heavy atom. The van der Waals surface area contributed by atoms with E-state index in [-0.39, 0.29) is 0 Å². The van der Waals surface area contributed by atoms with Crippen LogP contribution in [0.25, 0.3) is 0 Å². The van der Waals surface area contributed by atoms with Crippen molar-refractivity contribution in [2.75, 3.05) is 13.2 Å². The van der Waals surface area contributed by atoms with E-state index in [1.54, 1.807) is 0 Å². The van der Waals surface area contributed by atoms with E-state index in [4.69, 9.17) is 9.47 Å². The lowest BCUT2D eigenvalue weighted by Gasteiger charge is -2.34. The Labute approximate surface area is 115 Å². The molecule has 0 heterocycles. The van der Waals surface area contributed by atoms with Gasteiger partial charge in [0, 0.05) is 24.3 Å². The van der Waals surface area contributed by atoms with Gasteiger partial charge in [-0.05, 0) is 13.8 Å². The topological polar surface area (TPSA) is 18.5 Å². The van der Waals surface area contributed by atoms with E-state index in [2.05, 4.69) is 0 Å². The third-order valence-electron chi connectivity index (χ3n) is 3.00. The summed E-state index contributed by atoms with van der Waals surface area (Å²) >= 11 is 0. The van der Waals surface area contributed by atoms with Gasteiger partial charge in [0.15, 0.2) is 0 Å². The first kappa shape index (κ1) is 13.8. The first-order valence-electron chi connectivity index (χ1n) is 6.72. The zero-order chi connectivity index (χ0) is 13.6. The van der Waals surface area contributed by atoms with Gasteiger partial charge >= 0.3 is 0 Å². The molecular weight excluding hydrogens is 236 g/mol.